The molecule has 18 heteroatoms. The number of benzene rings is 3. The van der Waals surface area contributed by atoms with E-state index < -0.39 is 36.5 Å². The zero-order valence-corrected chi connectivity index (χ0v) is 41.3. The Bertz CT molecular complexity index is 2670. The van der Waals surface area contributed by atoms with Gasteiger partial charge in [0.25, 0.3) is 0 Å². The molecule has 8 rings (SSSR count). The van der Waals surface area contributed by atoms with Crippen LogP contribution in [-0.2, 0) is 27.0 Å². The molecular weight excluding hydrogens is 941 g/mol. The van der Waals surface area contributed by atoms with Crippen molar-refractivity contribution in [2.45, 2.75) is 71.3 Å². The Morgan fingerprint density at radius 1 is 0.896 bits per heavy atom. The van der Waals surface area contributed by atoms with Crippen LogP contribution in [0.1, 0.15) is 69.2 Å². The van der Waals surface area contributed by atoms with Crippen molar-refractivity contribution in [3.63, 3.8) is 0 Å². The molecule has 3 aromatic carbocycles. The summed E-state index contributed by atoms with van der Waals surface area (Å²) in [7, 11) is -2.75. The monoisotopic (exact) mass is 1000 g/mol. The molecule has 3 aliphatic rings. The number of pyridine rings is 1. The molecule has 14 nitrogen and oxygen atoms in total. The summed E-state index contributed by atoms with van der Waals surface area (Å²) < 4.78 is 50.7. The van der Waals surface area contributed by atoms with Gasteiger partial charge in [0.15, 0.2) is 0 Å². The van der Waals surface area contributed by atoms with Crippen molar-refractivity contribution >= 4 is 85.6 Å². The summed E-state index contributed by atoms with van der Waals surface area (Å²) in [5, 5.41) is 17.9. The number of nitrogens with zero attached hydrogens (tertiary/aromatic N) is 5. The number of ether oxygens (including phenoxy) is 1. The summed E-state index contributed by atoms with van der Waals surface area (Å²) >= 11 is 3.62. The molecule has 0 aliphatic carbocycles. The number of nitrogens with one attached hydrogen (secondary N) is 5. The first-order chi connectivity index (χ1) is 32.2. The van der Waals surface area contributed by atoms with Crippen LogP contribution in [0.2, 0.25) is 0 Å². The van der Waals surface area contributed by atoms with Crippen LogP contribution in [0.3, 0.4) is 0 Å². The lowest BCUT2D eigenvalue weighted by atomic mass is 9.89. The van der Waals surface area contributed by atoms with Gasteiger partial charge in [-0.25, -0.2) is 13.8 Å². The van der Waals surface area contributed by atoms with Crippen LogP contribution in [0.25, 0.3) is 10.9 Å². The highest BCUT2D eigenvalue weighted by Gasteiger charge is 2.34. The van der Waals surface area contributed by atoms with E-state index in [-0.39, 0.29) is 18.4 Å². The Morgan fingerprint density at radius 2 is 1.66 bits per heavy atom. The fraction of sp³-hybridized carbons (Fsp3) is 0.449. The number of anilines is 6. The number of rotatable bonds is 18. The van der Waals surface area contributed by atoms with Gasteiger partial charge in [0, 0.05) is 110 Å². The van der Waals surface area contributed by atoms with E-state index in [1.54, 1.807) is 19.5 Å². The molecular formula is C49H60BrF2N10O4P. The lowest BCUT2D eigenvalue weighted by Gasteiger charge is -2.41. The van der Waals surface area contributed by atoms with E-state index in [1.165, 1.54) is 17.7 Å². The second-order valence-electron chi connectivity index (χ2n) is 18.0. The minimum Gasteiger partial charge on any atom is -0.492 e. The van der Waals surface area contributed by atoms with Gasteiger partial charge in [-0.1, -0.05) is 19.9 Å². The molecule has 1 atom stereocenters. The molecule has 356 valence electrons. The number of fused-ring (bicyclic) bond motifs is 1. The third kappa shape index (κ3) is 11.1. The number of hydrogen-bond donors (Lipinski definition) is 5. The van der Waals surface area contributed by atoms with Crippen LogP contribution < -0.4 is 46.4 Å². The van der Waals surface area contributed by atoms with E-state index in [1.807, 2.05) is 36.1 Å². The molecule has 2 amide bonds. The first kappa shape index (κ1) is 48.2. The maximum Gasteiger partial charge on any atom is 0.234 e. The van der Waals surface area contributed by atoms with Gasteiger partial charge in [0.2, 0.25) is 17.8 Å². The van der Waals surface area contributed by atoms with E-state index in [0.717, 1.165) is 91.7 Å². The van der Waals surface area contributed by atoms with Crippen LogP contribution in [0.4, 0.5) is 43.3 Å². The van der Waals surface area contributed by atoms with Crippen molar-refractivity contribution in [3.05, 3.63) is 87.7 Å². The highest BCUT2D eigenvalue weighted by atomic mass is 79.9. The van der Waals surface area contributed by atoms with E-state index in [2.05, 4.69) is 78.4 Å². The molecule has 0 unspecified atom stereocenters. The van der Waals surface area contributed by atoms with Gasteiger partial charge in [-0.05, 0) is 110 Å². The number of carbonyl (C=O) groups excluding carboxylic acids is 2. The fourth-order valence-corrected chi connectivity index (χ4v) is 11.2. The quantitative estimate of drug-likeness (QED) is 0.0325. The lowest BCUT2D eigenvalue weighted by molar-refractivity contribution is -0.134. The number of imide groups is 1. The van der Waals surface area contributed by atoms with E-state index in [4.69, 9.17) is 14.7 Å². The highest BCUT2D eigenvalue weighted by molar-refractivity contribution is 9.10. The van der Waals surface area contributed by atoms with Crippen molar-refractivity contribution < 1.29 is 27.7 Å². The zero-order chi connectivity index (χ0) is 47.4. The van der Waals surface area contributed by atoms with Crippen LogP contribution >= 0.6 is 23.1 Å². The molecule has 5 heterocycles. The Balaban J connectivity index is 0.827. The predicted octanol–water partition coefficient (Wildman–Crippen LogP) is 8.13. The van der Waals surface area contributed by atoms with Crippen LogP contribution in [-0.4, -0.2) is 98.6 Å². The predicted molar refractivity (Wildman–Crippen MR) is 267 cm³/mol. The first-order valence-electron chi connectivity index (χ1n) is 23.3. The molecule has 0 radical (unpaired) electrons. The van der Waals surface area contributed by atoms with Gasteiger partial charge in [0.1, 0.15) is 30.3 Å². The van der Waals surface area contributed by atoms with Crippen LogP contribution in [0, 0.1) is 17.6 Å². The van der Waals surface area contributed by atoms with Crippen molar-refractivity contribution in [1.29, 1.82) is 0 Å². The standard InChI is InChI=1S/C49H60BrF2N10O4P/c1-6-30-21-41(58-49-55-26-36(50)47(60-49)57-40-13-12-39-34(46(40)67(4,5)65)10-9-31(7-2)56-39)43(66-8-3)24-42(30)61-19-15-32(16-20-61)54-18-17-53-25-29-27-62(28-29)33-22-37(51)45(38(52)23-33)35-11-14-44(63)59-48(35)64/h9-10,12-13,21-24,26,29,32,35,53-54H,6-8,11,14-20,25,27-28H2,1-5H3,(H,59,63,64)(H2,55,57,58,60)/t35-/m1/s1. The maximum atomic E-state index is 15.1. The highest BCUT2D eigenvalue weighted by Crippen LogP contribution is 2.43. The largest absolute Gasteiger partial charge is 0.492 e. The molecule has 0 bridgehead atoms. The normalized spacial score (nSPS) is 17.2. The molecule has 0 saturated carbocycles. The van der Waals surface area contributed by atoms with Crippen LogP contribution in [0.15, 0.2) is 59.2 Å². The number of aryl methyl sites for hydroxylation is 2. The van der Waals surface area contributed by atoms with E-state index in [9.17, 15) is 14.2 Å². The number of halogens is 3. The third-order valence-electron chi connectivity index (χ3n) is 12.9. The summed E-state index contributed by atoms with van der Waals surface area (Å²) in [5.41, 5.74) is 5.81. The van der Waals surface area contributed by atoms with Crippen molar-refractivity contribution in [3.8, 4) is 5.75 Å². The Morgan fingerprint density at radius 3 is 2.34 bits per heavy atom. The first-order valence-corrected chi connectivity index (χ1v) is 26.7. The molecule has 2 aromatic heterocycles. The van der Waals surface area contributed by atoms with Gasteiger partial charge in [0.05, 0.1) is 33.9 Å². The third-order valence-corrected chi connectivity index (χ3v) is 15.0. The Hall–Kier alpha value is -5.22. The summed E-state index contributed by atoms with van der Waals surface area (Å²) in [6.07, 6.45) is 5.50. The summed E-state index contributed by atoms with van der Waals surface area (Å²) in [4.78, 5) is 42.4. The Labute approximate surface area is 399 Å². The zero-order valence-electron chi connectivity index (χ0n) is 38.8. The lowest BCUT2D eigenvalue weighted by Crippen LogP contribution is -2.51. The average molecular weight is 1000 g/mol. The second kappa shape index (κ2) is 21.0. The van der Waals surface area contributed by atoms with Crippen LogP contribution in [0.5, 0.6) is 5.75 Å². The summed E-state index contributed by atoms with van der Waals surface area (Å²) in [6, 6.07) is 15.1. The number of hydrogen-bond acceptors (Lipinski definition) is 13. The number of aromatic nitrogens is 3. The fourth-order valence-electron chi connectivity index (χ4n) is 9.40. The number of carbonyl (C=O) groups is 2. The minimum absolute atomic E-state index is 0.0602. The SMILES string of the molecule is CCOc1cc(N2CCC(NCCNCC3CN(c4cc(F)c([C@H]5CCC(=O)NC5=O)c(F)c4)C3)CC2)c(CC)cc1Nc1ncc(Br)c(Nc2ccc3nc(CC)ccc3c2P(C)(C)=O)n1. The van der Waals surface area contributed by atoms with Gasteiger partial charge >= 0.3 is 0 Å². The smallest absolute Gasteiger partial charge is 0.234 e. The molecule has 0 spiro atoms. The molecule has 67 heavy (non-hydrogen) atoms. The molecule has 5 aromatic rings. The van der Waals surface area contributed by atoms with Gasteiger partial charge in [-0.15, -0.1) is 0 Å². The molecule has 5 N–H and O–H groups in total. The van der Waals surface area contributed by atoms with E-state index >= 15 is 8.78 Å². The van der Waals surface area contributed by atoms with Crippen molar-refractivity contribution in [1.82, 2.24) is 30.9 Å². The van der Waals surface area contributed by atoms with Crippen molar-refractivity contribution in [2.24, 2.45) is 5.92 Å². The minimum atomic E-state index is -2.75. The Kier molecular flexibility index (Phi) is 15.1. The van der Waals surface area contributed by atoms with Gasteiger partial charge < -0.3 is 40.4 Å². The van der Waals surface area contributed by atoms with Crippen molar-refractivity contribution in [2.75, 3.05) is 86.2 Å². The molecule has 3 saturated heterocycles. The average Bonchev–Trinajstić information content (AvgIpc) is 3.28. The van der Waals surface area contributed by atoms with Gasteiger partial charge in [-0.2, -0.15) is 4.98 Å². The summed E-state index contributed by atoms with van der Waals surface area (Å²) in [5.74, 6) is -1.60. The number of piperidine rings is 2. The second-order valence-corrected chi connectivity index (χ2v) is 22.0. The van der Waals surface area contributed by atoms with E-state index in [0.29, 0.717) is 65.0 Å². The molecule has 3 fully saturated rings. The number of amides is 2. The van der Waals surface area contributed by atoms with Gasteiger partial charge in [-0.3, -0.25) is 19.9 Å². The maximum absolute atomic E-state index is 15.1. The molecule has 3 aliphatic heterocycles. The topological polar surface area (TPSA) is 166 Å². The summed E-state index contributed by atoms with van der Waals surface area (Å²) in [6.45, 7) is 15.9.